The minimum atomic E-state index is -3.74. The molecule has 0 radical (unpaired) electrons. The Morgan fingerprint density at radius 3 is 2.38 bits per heavy atom. The maximum atomic E-state index is 12.0. The third kappa shape index (κ3) is 4.69. The van der Waals surface area contributed by atoms with Gasteiger partial charge >= 0.3 is 0 Å². The van der Waals surface area contributed by atoms with E-state index in [0.29, 0.717) is 15.8 Å². The second-order valence-electron chi connectivity index (χ2n) is 5.31. The topological polar surface area (TPSA) is 102 Å². The molecule has 3 rings (SSSR count). The van der Waals surface area contributed by atoms with Crippen LogP contribution in [0.15, 0.2) is 81.5 Å². The van der Waals surface area contributed by atoms with Crippen LogP contribution in [-0.2, 0) is 14.8 Å². The highest BCUT2D eigenvalue weighted by Crippen LogP contribution is 2.26. The minimum Gasteiger partial charge on any atom is -0.300 e. The first-order chi connectivity index (χ1) is 12.4. The van der Waals surface area contributed by atoms with Gasteiger partial charge < -0.3 is 5.32 Å². The zero-order valence-electron chi connectivity index (χ0n) is 13.5. The number of nitrogens with zero attached hydrogens (tertiary/aromatic N) is 1. The standard InChI is InChI=1S/C18H15N3O3S2/c19-26(23,24)15-11-9-14(10-12-15)20-18-21-17(22)16(25-18)8-4-7-13-5-2-1-3-6-13/h1-12H,(H2,19,23,24)(H,20,21,22). The SMILES string of the molecule is NS(=O)(=O)c1ccc(N=C2NC(=O)C(=CC=Cc3ccccc3)S2)cc1. The van der Waals surface area contributed by atoms with Crippen molar-refractivity contribution in [2.75, 3.05) is 0 Å². The molecule has 8 heteroatoms. The number of rotatable bonds is 4. The molecule has 0 unspecified atom stereocenters. The van der Waals surface area contributed by atoms with Crippen molar-refractivity contribution in [3.8, 4) is 0 Å². The Bertz CT molecular complexity index is 1010. The van der Waals surface area contributed by atoms with Crippen molar-refractivity contribution in [2.24, 2.45) is 10.1 Å². The van der Waals surface area contributed by atoms with Gasteiger partial charge in [0, 0.05) is 0 Å². The molecule has 1 amide bonds. The maximum absolute atomic E-state index is 12.0. The van der Waals surface area contributed by atoms with Gasteiger partial charge in [0.1, 0.15) is 0 Å². The van der Waals surface area contributed by atoms with Gasteiger partial charge in [0.2, 0.25) is 10.0 Å². The molecule has 0 atom stereocenters. The Labute approximate surface area is 155 Å². The molecule has 2 aromatic rings. The second kappa shape index (κ2) is 7.69. The van der Waals surface area contributed by atoms with Crippen LogP contribution in [0.3, 0.4) is 0 Å². The largest absolute Gasteiger partial charge is 0.300 e. The third-order valence-electron chi connectivity index (χ3n) is 3.38. The molecule has 3 N–H and O–H groups in total. The van der Waals surface area contributed by atoms with Crippen LogP contribution in [-0.4, -0.2) is 19.5 Å². The predicted octanol–water partition coefficient (Wildman–Crippen LogP) is 2.78. The molecule has 6 nitrogen and oxygen atoms in total. The molecule has 1 aliphatic rings. The predicted molar refractivity (Wildman–Crippen MR) is 104 cm³/mol. The number of nitrogens with two attached hydrogens (primary N) is 1. The van der Waals surface area contributed by atoms with Crippen molar-refractivity contribution in [3.05, 3.63) is 77.2 Å². The highest BCUT2D eigenvalue weighted by molar-refractivity contribution is 8.18. The number of primary sulfonamides is 1. The molecular formula is C18H15N3O3S2. The van der Waals surface area contributed by atoms with E-state index in [1.54, 1.807) is 12.2 Å². The highest BCUT2D eigenvalue weighted by Gasteiger charge is 2.23. The van der Waals surface area contributed by atoms with Crippen molar-refractivity contribution in [1.29, 1.82) is 0 Å². The first-order valence-electron chi connectivity index (χ1n) is 7.56. The lowest BCUT2D eigenvalue weighted by Crippen LogP contribution is -2.19. The van der Waals surface area contributed by atoms with Crippen molar-refractivity contribution in [3.63, 3.8) is 0 Å². The van der Waals surface area contributed by atoms with Gasteiger partial charge in [-0.1, -0.05) is 42.5 Å². The molecule has 1 aliphatic heterocycles. The van der Waals surface area contributed by atoms with E-state index in [9.17, 15) is 13.2 Å². The normalized spacial score (nSPS) is 18.0. The van der Waals surface area contributed by atoms with Crippen LogP contribution in [0.1, 0.15) is 5.56 Å². The van der Waals surface area contributed by atoms with Crippen molar-refractivity contribution < 1.29 is 13.2 Å². The summed E-state index contributed by atoms with van der Waals surface area (Å²) >= 11 is 1.21. The summed E-state index contributed by atoms with van der Waals surface area (Å²) in [6.45, 7) is 0. The molecular weight excluding hydrogens is 370 g/mol. The maximum Gasteiger partial charge on any atom is 0.264 e. The Balaban J connectivity index is 1.72. The zero-order chi connectivity index (χ0) is 18.6. The van der Waals surface area contributed by atoms with E-state index in [2.05, 4.69) is 10.3 Å². The summed E-state index contributed by atoms with van der Waals surface area (Å²) in [5.74, 6) is -0.229. The molecule has 0 bridgehead atoms. The molecule has 0 aromatic heterocycles. The Morgan fingerprint density at radius 2 is 1.73 bits per heavy atom. The quantitative estimate of drug-likeness (QED) is 0.790. The monoisotopic (exact) mass is 385 g/mol. The van der Waals surface area contributed by atoms with Crippen LogP contribution in [0.5, 0.6) is 0 Å². The number of carbonyl (C=O) groups excluding carboxylic acids is 1. The molecule has 1 heterocycles. The lowest BCUT2D eigenvalue weighted by atomic mass is 10.2. The number of hydrogen-bond acceptors (Lipinski definition) is 5. The smallest absolute Gasteiger partial charge is 0.264 e. The van der Waals surface area contributed by atoms with E-state index in [4.69, 9.17) is 5.14 Å². The number of carbonyl (C=O) groups is 1. The van der Waals surface area contributed by atoms with Gasteiger partial charge in [-0.25, -0.2) is 18.5 Å². The number of sulfonamides is 1. The number of nitrogens with one attached hydrogen (secondary N) is 1. The van der Waals surface area contributed by atoms with Crippen LogP contribution in [0.4, 0.5) is 5.69 Å². The molecule has 26 heavy (non-hydrogen) atoms. The number of allylic oxidation sites excluding steroid dienone is 2. The molecule has 2 aromatic carbocycles. The van der Waals surface area contributed by atoms with Crippen LogP contribution >= 0.6 is 11.8 Å². The Kier molecular flexibility index (Phi) is 5.36. The number of amides is 1. The van der Waals surface area contributed by atoms with E-state index >= 15 is 0 Å². The van der Waals surface area contributed by atoms with E-state index in [1.807, 2.05) is 36.4 Å². The fourth-order valence-corrected chi connectivity index (χ4v) is 3.44. The average Bonchev–Trinajstić information content (AvgIpc) is 2.95. The van der Waals surface area contributed by atoms with Gasteiger partial charge in [0.25, 0.3) is 5.91 Å². The minimum absolute atomic E-state index is 0.0104. The summed E-state index contributed by atoms with van der Waals surface area (Å²) < 4.78 is 22.5. The van der Waals surface area contributed by atoms with Gasteiger partial charge in [0.15, 0.2) is 5.17 Å². The number of thioether (sulfide) groups is 1. The van der Waals surface area contributed by atoms with Crippen LogP contribution in [0.2, 0.25) is 0 Å². The highest BCUT2D eigenvalue weighted by atomic mass is 32.2. The van der Waals surface area contributed by atoms with Gasteiger partial charge in [0.05, 0.1) is 15.5 Å². The summed E-state index contributed by atoms with van der Waals surface area (Å²) in [6.07, 6.45) is 5.43. The lowest BCUT2D eigenvalue weighted by Gasteiger charge is -1.99. The van der Waals surface area contributed by atoms with Gasteiger partial charge in [-0.15, -0.1) is 0 Å². The van der Waals surface area contributed by atoms with Crippen LogP contribution < -0.4 is 10.5 Å². The number of amidine groups is 1. The number of hydrogen-bond donors (Lipinski definition) is 2. The number of aliphatic imine (C=N–C) groups is 1. The van der Waals surface area contributed by atoms with Crippen LogP contribution in [0.25, 0.3) is 6.08 Å². The van der Waals surface area contributed by atoms with Crippen molar-refractivity contribution in [1.82, 2.24) is 5.32 Å². The first-order valence-corrected chi connectivity index (χ1v) is 9.92. The van der Waals surface area contributed by atoms with E-state index in [0.717, 1.165) is 5.56 Å². The van der Waals surface area contributed by atoms with Crippen LogP contribution in [0, 0.1) is 0 Å². The summed E-state index contributed by atoms with van der Waals surface area (Å²) in [5.41, 5.74) is 1.55. The lowest BCUT2D eigenvalue weighted by molar-refractivity contribution is -0.115. The zero-order valence-corrected chi connectivity index (χ0v) is 15.1. The summed E-state index contributed by atoms with van der Waals surface area (Å²) in [5, 5.41) is 8.16. The van der Waals surface area contributed by atoms with Gasteiger partial charge in [-0.2, -0.15) is 0 Å². The second-order valence-corrected chi connectivity index (χ2v) is 7.90. The average molecular weight is 385 g/mol. The van der Waals surface area contributed by atoms with Crippen molar-refractivity contribution >= 4 is 44.6 Å². The molecule has 1 saturated heterocycles. The first kappa shape index (κ1) is 18.1. The Morgan fingerprint density at radius 1 is 1.04 bits per heavy atom. The third-order valence-corrected chi connectivity index (χ3v) is 5.24. The Hall–Kier alpha value is -2.68. The molecule has 0 spiro atoms. The molecule has 1 fully saturated rings. The van der Waals surface area contributed by atoms with Gasteiger partial charge in [-0.3, -0.25) is 4.79 Å². The summed E-state index contributed by atoms with van der Waals surface area (Å²) in [6, 6.07) is 15.5. The fraction of sp³-hybridized carbons (Fsp3) is 0. The summed E-state index contributed by atoms with van der Waals surface area (Å²) in [4.78, 5) is 16.8. The van der Waals surface area contributed by atoms with E-state index in [1.165, 1.54) is 36.0 Å². The molecule has 0 saturated carbocycles. The fourth-order valence-electron chi connectivity index (χ4n) is 2.13. The number of benzene rings is 2. The molecule has 132 valence electrons. The van der Waals surface area contributed by atoms with E-state index in [-0.39, 0.29) is 10.8 Å². The van der Waals surface area contributed by atoms with Crippen molar-refractivity contribution in [2.45, 2.75) is 4.90 Å². The van der Waals surface area contributed by atoms with E-state index < -0.39 is 10.0 Å². The summed E-state index contributed by atoms with van der Waals surface area (Å²) in [7, 11) is -3.74. The van der Waals surface area contributed by atoms with Gasteiger partial charge in [-0.05, 0) is 47.7 Å². The molecule has 0 aliphatic carbocycles.